The van der Waals surface area contributed by atoms with Gasteiger partial charge in [-0.3, -0.25) is 9.69 Å². The zero-order valence-corrected chi connectivity index (χ0v) is 22.9. The van der Waals surface area contributed by atoms with Crippen molar-refractivity contribution in [2.24, 2.45) is 0 Å². The van der Waals surface area contributed by atoms with Crippen LogP contribution in [0.2, 0.25) is 0 Å². The molecule has 0 aliphatic carbocycles. The molecule has 192 valence electrons. The molecule has 2 aromatic carbocycles. The summed E-state index contributed by atoms with van der Waals surface area (Å²) >= 11 is 4.70. The number of anilines is 1. The highest BCUT2D eigenvalue weighted by atomic mass is 32.1. The minimum absolute atomic E-state index is 0.171. The van der Waals surface area contributed by atoms with Crippen LogP contribution in [0.25, 0.3) is 30.4 Å². The van der Waals surface area contributed by atoms with Crippen LogP contribution in [0, 0.1) is 0 Å². The quantitative estimate of drug-likeness (QED) is 0.211. The standard InChI is InChI=1S/C27H27N3O4S3/c1-32-27-29-24-21(36-27)5-4-18-15-23(37-25(18)24)28-26(31)19-14-17-6-13-35-22(17)16-20(19)34-10-3-2-7-30-8-11-33-12-9-30/h4-6,13-16H,2-3,7-12H2,1H3,(H,28,31). The Labute approximate surface area is 226 Å². The van der Waals surface area contributed by atoms with E-state index in [0.29, 0.717) is 23.1 Å². The van der Waals surface area contributed by atoms with Crippen molar-refractivity contribution in [3.05, 3.63) is 47.3 Å². The van der Waals surface area contributed by atoms with Gasteiger partial charge in [0, 0.05) is 17.8 Å². The van der Waals surface area contributed by atoms with Gasteiger partial charge in [-0.2, -0.15) is 0 Å². The van der Waals surface area contributed by atoms with Gasteiger partial charge < -0.3 is 19.5 Å². The molecule has 5 aromatic rings. The number of thiophene rings is 2. The highest BCUT2D eigenvalue weighted by Gasteiger charge is 2.18. The second-order valence-corrected chi connectivity index (χ2v) is 11.9. The van der Waals surface area contributed by atoms with Crippen LogP contribution in [0.5, 0.6) is 10.9 Å². The van der Waals surface area contributed by atoms with Gasteiger partial charge in [0.25, 0.3) is 11.1 Å². The number of aromatic nitrogens is 1. The fourth-order valence-electron chi connectivity index (χ4n) is 4.53. The summed E-state index contributed by atoms with van der Waals surface area (Å²) in [5.74, 6) is 0.460. The molecule has 0 radical (unpaired) electrons. The summed E-state index contributed by atoms with van der Waals surface area (Å²) in [6, 6.07) is 12.1. The molecule has 1 fully saturated rings. The van der Waals surface area contributed by atoms with E-state index in [4.69, 9.17) is 14.2 Å². The Morgan fingerprint density at radius 3 is 2.84 bits per heavy atom. The van der Waals surface area contributed by atoms with Crippen molar-refractivity contribution in [1.29, 1.82) is 0 Å². The van der Waals surface area contributed by atoms with E-state index in [0.717, 1.165) is 81.1 Å². The number of fused-ring (bicyclic) bond motifs is 4. The highest BCUT2D eigenvalue weighted by molar-refractivity contribution is 7.25. The van der Waals surface area contributed by atoms with Crippen LogP contribution in [0.4, 0.5) is 5.00 Å². The van der Waals surface area contributed by atoms with Crippen molar-refractivity contribution in [3.8, 4) is 10.9 Å². The van der Waals surface area contributed by atoms with Crippen LogP contribution >= 0.6 is 34.0 Å². The van der Waals surface area contributed by atoms with Crippen LogP contribution in [-0.2, 0) is 4.74 Å². The van der Waals surface area contributed by atoms with Crippen molar-refractivity contribution >= 4 is 75.3 Å². The monoisotopic (exact) mass is 553 g/mol. The molecule has 0 bridgehead atoms. The van der Waals surface area contributed by atoms with Gasteiger partial charge in [0.1, 0.15) is 11.3 Å². The number of nitrogens with one attached hydrogen (secondary N) is 1. The molecule has 0 atom stereocenters. The number of ether oxygens (including phenoxy) is 3. The lowest BCUT2D eigenvalue weighted by Gasteiger charge is -2.26. The van der Waals surface area contributed by atoms with Crippen LogP contribution in [-0.4, -0.2) is 62.4 Å². The number of carbonyl (C=O) groups is 1. The number of benzene rings is 2. The third-order valence-corrected chi connectivity index (χ3v) is 9.40. The molecule has 0 unspecified atom stereocenters. The van der Waals surface area contributed by atoms with E-state index in [1.165, 1.54) is 22.7 Å². The fraction of sp³-hybridized carbons (Fsp3) is 0.333. The van der Waals surface area contributed by atoms with E-state index in [9.17, 15) is 4.79 Å². The SMILES string of the molecule is COc1nc2c(ccc3cc(NC(=O)c4cc5ccsc5cc4OCCCCN4CCOCC4)sc32)s1. The van der Waals surface area contributed by atoms with Gasteiger partial charge in [-0.1, -0.05) is 17.4 Å². The molecular formula is C27H27N3O4S3. The number of morpholine rings is 1. The maximum absolute atomic E-state index is 13.5. The summed E-state index contributed by atoms with van der Waals surface area (Å²) in [6.45, 7) is 5.26. The molecule has 3 aromatic heterocycles. The molecule has 4 heterocycles. The lowest BCUT2D eigenvalue weighted by Crippen LogP contribution is -2.36. The average Bonchev–Trinajstić information content (AvgIpc) is 3.65. The summed E-state index contributed by atoms with van der Waals surface area (Å²) in [6.07, 6.45) is 1.99. The number of unbranched alkanes of at least 4 members (excludes halogenated alkanes) is 1. The zero-order chi connectivity index (χ0) is 25.2. The molecular weight excluding hydrogens is 527 g/mol. The largest absolute Gasteiger partial charge is 0.493 e. The Morgan fingerprint density at radius 2 is 1.97 bits per heavy atom. The number of methoxy groups -OCH3 is 1. The van der Waals surface area contributed by atoms with Crippen LogP contribution in [0.3, 0.4) is 0 Å². The summed E-state index contributed by atoms with van der Waals surface area (Å²) in [5, 5.41) is 8.65. The maximum atomic E-state index is 13.5. The predicted octanol–water partition coefficient (Wildman–Crippen LogP) is 6.48. The summed E-state index contributed by atoms with van der Waals surface area (Å²) in [4.78, 5) is 20.5. The van der Waals surface area contributed by atoms with E-state index >= 15 is 0 Å². The van der Waals surface area contributed by atoms with E-state index < -0.39 is 0 Å². The van der Waals surface area contributed by atoms with Crippen molar-refractivity contribution in [2.45, 2.75) is 12.8 Å². The van der Waals surface area contributed by atoms with Crippen LogP contribution in [0.1, 0.15) is 23.2 Å². The second-order valence-electron chi connectivity index (χ2n) is 8.90. The average molecular weight is 554 g/mol. The van der Waals surface area contributed by atoms with Gasteiger partial charge in [0.15, 0.2) is 0 Å². The van der Waals surface area contributed by atoms with Crippen LogP contribution < -0.4 is 14.8 Å². The fourth-order valence-corrected chi connectivity index (χ4v) is 7.23. The minimum atomic E-state index is -0.171. The number of hydrogen-bond donors (Lipinski definition) is 1. The zero-order valence-electron chi connectivity index (χ0n) is 20.5. The first-order chi connectivity index (χ1) is 18.2. The molecule has 6 rings (SSSR count). The van der Waals surface area contributed by atoms with E-state index in [1.54, 1.807) is 18.4 Å². The van der Waals surface area contributed by atoms with Gasteiger partial charge in [0.05, 0.1) is 46.9 Å². The molecule has 37 heavy (non-hydrogen) atoms. The first kappa shape index (κ1) is 24.6. The molecule has 1 aliphatic rings. The molecule has 0 saturated carbocycles. The Bertz CT molecular complexity index is 1550. The van der Waals surface area contributed by atoms with Crippen molar-refractivity contribution in [2.75, 3.05) is 51.9 Å². The van der Waals surface area contributed by atoms with Crippen LogP contribution in [0.15, 0.2) is 41.8 Å². The second kappa shape index (κ2) is 10.9. The normalized spacial score (nSPS) is 14.5. The van der Waals surface area contributed by atoms with Gasteiger partial charge in [-0.15, -0.1) is 22.7 Å². The summed E-state index contributed by atoms with van der Waals surface area (Å²) in [7, 11) is 1.63. The first-order valence-corrected chi connectivity index (χ1v) is 14.8. The maximum Gasteiger partial charge on any atom is 0.274 e. The summed E-state index contributed by atoms with van der Waals surface area (Å²) < 4.78 is 20.1. The smallest absolute Gasteiger partial charge is 0.274 e. The molecule has 10 heteroatoms. The van der Waals surface area contributed by atoms with Crippen molar-refractivity contribution in [3.63, 3.8) is 0 Å². The Morgan fingerprint density at radius 1 is 1.08 bits per heavy atom. The molecule has 1 aliphatic heterocycles. The topological polar surface area (TPSA) is 72.9 Å². The highest BCUT2D eigenvalue weighted by Crippen LogP contribution is 2.39. The van der Waals surface area contributed by atoms with Crippen molar-refractivity contribution < 1.29 is 19.0 Å². The van der Waals surface area contributed by atoms with E-state index in [2.05, 4.69) is 21.3 Å². The third kappa shape index (κ3) is 5.30. The minimum Gasteiger partial charge on any atom is -0.493 e. The molecule has 1 amide bonds. The molecule has 1 N–H and O–H groups in total. The number of thiazole rings is 1. The third-order valence-electron chi connectivity index (χ3n) is 6.46. The number of hydrogen-bond acceptors (Lipinski definition) is 9. The van der Waals surface area contributed by atoms with Gasteiger partial charge in [-0.05, 0) is 65.9 Å². The Balaban J connectivity index is 1.18. The Hall–Kier alpha value is -2.76. The van der Waals surface area contributed by atoms with E-state index in [1.807, 2.05) is 35.7 Å². The number of amides is 1. The Kier molecular flexibility index (Phi) is 7.25. The molecule has 1 saturated heterocycles. The van der Waals surface area contributed by atoms with Gasteiger partial charge in [-0.25, -0.2) is 4.98 Å². The molecule has 0 spiro atoms. The number of nitrogens with zero attached hydrogens (tertiary/aromatic N) is 2. The number of carbonyl (C=O) groups excluding carboxylic acids is 1. The lowest BCUT2D eigenvalue weighted by molar-refractivity contribution is 0.0368. The van der Waals surface area contributed by atoms with Gasteiger partial charge in [0.2, 0.25) is 0 Å². The summed E-state index contributed by atoms with van der Waals surface area (Å²) in [5.41, 5.74) is 1.46. The van der Waals surface area contributed by atoms with Crippen molar-refractivity contribution in [1.82, 2.24) is 9.88 Å². The first-order valence-electron chi connectivity index (χ1n) is 12.3. The number of rotatable bonds is 9. The predicted molar refractivity (Wildman–Crippen MR) is 153 cm³/mol. The van der Waals surface area contributed by atoms with Gasteiger partial charge >= 0.3 is 0 Å². The molecule has 7 nitrogen and oxygen atoms in total. The lowest BCUT2D eigenvalue weighted by atomic mass is 10.1. The van der Waals surface area contributed by atoms with E-state index in [-0.39, 0.29) is 5.91 Å².